The third kappa shape index (κ3) is 7.23. The van der Waals surface area contributed by atoms with Gasteiger partial charge in [0, 0.05) is 12.3 Å². The van der Waals surface area contributed by atoms with Crippen molar-refractivity contribution >= 4 is 27.7 Å². The molecule has 1 aromatic rings. The van der Waals surface area contributed by atoms with Gasteiger partial charge in [0.1, 0.15) is 5.75 Å². The van der Waals surface area contributed by atoms with Crippen molar-refractivity contribution in [1.82, 2.24) is 5.32 Å². The van der Waals surface area contributed by atoms with Gasteiger partial charge in [-0.2, -0.15) is 11.8 Å². The highest BCUT2D eigenvalue weighted by molar-refractivity contribution is 9.10. The Morgan fingerprint density at radius 3 is 2.79 bits per heavy atom. The maximum atomic E-state index is 5.75. The average Bonchev–Trinajstić information content (AvgIpc) is 2.36. The highest BCUT2D eigenvalue weighted by atomic mass is 79.9. The summed E-state index contributed by atoms with van der Waals surface area (Å²) < 4.78 is 6.79. The summed E-state index contributed by atoms with van der Waals surface area (Å²) in [6, 6.07) is 6.31. The van der Waals surface area contributed by atoms with E-state index in [1.54, 1.807) is 0 Å². The Kier molecular flexibility index (Phi) is 8.58. The zero-order valence-electron chi connectivity index (χ0n) is 12.0. The van der Waals surface area contributed by atoms with Crippen LogP contribution in [0.1, 0.15) is 26.3 Å². The fourth-order valence-electron chi connectivity index (χ4n) is 1.63. The van der Waals surface area contributed by atoms with Gasteiger partial charge < -0.3 is 10.1 Å². The van der Waals surface area contributed by atoms with E-state index >= 15 is 0 Å². The van der Waals surface area contributed by atoms with Crippen LogP contribution in [0.2, 0.25) is 0 Å². The highest BCUT2D eigenvalue weighted by Crippen LogP contribution is 2.26. The van der Waals surface area contributed by atoms with E-state index in [-0.39, 0.29) is 0 Å². The fourth-order valence-corrected chi connectivity index (χ4v) is 2.66. The van der Waals surface area contributed by atoms with Crippen molar-refractivity contribution in [2.45, 2.75) is 27.3 Å². The summed E-state index contributed by atoms with van der Waals surface area (Å²) in [5.74, 6) is 3.80. The molecule has 0 aliphatic heterocycles. The number of ether oxygens (including phenoxy) is 1. The molecule has 1 aromatic carbocycles. The molecule has 1 rings (SSSR count). The Hall–Kier alpha value is -0.190. The Balaban J connectivity index is 2.40. The van der Waals surface area contributed by atoms with E-state index < -0.39 is 0 Å². The molecular weight excluding hydrogens is 322 g/mol. The van der Waals surface area contributed by atoms with Crippen LogP contribution in [0.15, 0.2) is 22.7 Å². The predicted octanol–water partition coefficient (Wildman–Crippen LogP) is 4.33. The minimum Gasteiger partial charge on any atom is -0.492 e. The normalized spacial score (nSPS) is 11.0. The SMILES string of the molecule is CCSCCOc1ccc(CNCC(C)C)cc1Br. The number of hydrogen-bond donors (Lipinski definition) is 1. The minimum atomic E-state index is 0.683. The Bertz CT molecular complexity index is 371. The molecule has 108 valence electrons. The molecule has 0 saturated heterocycles. The zero-order valence-corrected chi connectivity index (χ0v) is 14.4. The largest absolute Gasteiger partial charge is 0.492 e. The maximum Gasteiger partial charge on any atom is 0.133 e. The van der Waals surface area contributed by atoms with Crippen molar-refractivity contribution < 1.29 is 4.74 Å². The lowest BCUT2D eigenvalue weighted by atomic mass is 10.2. The summed E-state index contributed by atoms with van der Waals surface area (Å²) in [6.07, 6.45) is 0. The van der Waals surface area contributed by atoms with Gasteiger partial charge >= 0.3 is 0 Å². The van der Waals surface area contributed by atoms with Gasteiger partial charge in [0.25, 0.3) is 0 Å². The van der Waals surface area contributed by atoms with Gasteiger partial charge in [-0.15, -0.1) is 0 Å². The molecule has 0 aromatic heterocycles. The average molecular weight is 346 g/mol. The molecule has 0 unspecified atom stereocenters. The molecule has 0 bridgehead atoms. The standard InChI is InChI=1S/C15H24BrNOS/c1-4-19-8-7-18-15-6-5-13(9-14(15)16)11-17-10-12(2)3/h5-6,9,12,17H,4,7-8,10-11H2,1-3H3. The first kappa shape index (κ1) is 16.9. The molecule has 4 heteroatoms. The van der Waals surface area contributed by atoms with Crippen molar-refractivity contribution in [2.24, 2.45) is 5.92 Å². The van der Waals surface area contributed by atoms with Crippen molar-refractivity contribution in [2.75, 3.05) is 24.7 Å². The molecule has 0 radical (unpaired) electrons. The lowest BCUT2D eigenvalue weighted by molar-refractivity contribution is 0.341. The smallest absolute Gasteiger partial charge is 0.133 e. The van der Waals surface area contributed by atoms with Crippen LogP contribution in [0.4, 0.5) is 0 Å². The summed E-state index contributed by atoms with van der Waals surface area (Å²) in [5, 5.41) is 3.44. The maximum absolute atomic E-state index is 5.75. The molecule has 0 saturated carbocycles. The van der Waals surface area contributed by atoms with E-state index in [1.807, 2.05) is 17.8 Å². The van der Waals surface area contributed by atoms with E-state index in [0.29, 0.717) is 5.92 Å². The molecule has 1 N–H and O–H groups in total. The first-order valence-electron chi connectivity index (χ1n) is 6.83. The topological polar surface area (TPSA) is 21.3 Å². The van der Waals surface area contributed by atoms with Gasteiger partial charge in [-0.05, 0) is 51.8 Å². The first-order valence-corrected chi connectivity index (χ1v) is 8.78. The predicted molar refractivity (Wildman–Crippen MR) is 89.2 cm³/mol. The van der Waals surface area contributed by atoms with Crippen LogP contribution in [-0.2, 0) is 6.54 Å². The van der Waals surface area contributed by atoms with Gasteiger partial charge in [0.15, 0.2) is 0 Å². The minimum absolute atomic E-state index is 0.683. The van der Waals surface area contributed by atoms with E-state index in [1.165, 1.54) is 5.56 Å². The molecule has 0 aliphatic rings. The molecular formula is C15H24BrNOS. The summed E-state index contributed by atoms with van der Waals surface area (Å²) in [4.78, 5) is 0. The Labute approximate surface area is 129 Å². The second-order valence-corrected chi connectivity index (χ2v) is 7.08. The van der Waals surface area contributed by atoms with E-state index in [9.17, 15) is 0 Å². The third-order valence-electron chi connectivity index (χ3n) is 2.57. The quantitative estimate of drug-likeness (QED) is 0.673. The summed E-state index contributed by atoms with van der Waals surface area (Å²) >= 11 is 5.48. The van der Waals surface area contributed by atoms with Crippen LogP contribution in [0.3, 0.4) is 0 Å². The van der Waals surface area contributed by atoms with Gasteiger partial charge in [-0.3, -0.25) is 0 Å². The molecule has 0 spiro atoms. The molecule has 0 atom stereocenters. The van der Waals surface area contributed by atoms with Crippen LogP contribution in [0.5, 0.6) is 5.75 Å². The molecule has 19 heavy (non-hydrogen) atoms. The lowest BCUT2D eigenvalue weighted by Gasteiger charge is -2.11. The molecule has 0 aliphatic carbocycles. The van der Waals surface area contributed by atoms with Gasteiger partial charge in [0.05, 0.1) is 11.1 Å². The van der Waals surface area contributed by atoms with Gasteiger partial charge in [-0.1, -0.05) is 26.8 Å². The number of hydrogen-bond acceptors (Lipinski definition) is 3. The van der Waals surface area contributed by atoms with E-state index in [2.05, 4.69) is 54.2 Å². The zero-order chi connectivity index (χ0) is 14.1. The number of rotatable bonds is 9. The van der Waals surface area contributed by atoms with Crippen LogP contribution in [0, 0.1) is 5.92 Å². The number of nitrogens with one attached hydrogen (secondary N) is 1. The summed E-state index contributed by atoms with van der Waals surface area (Å²) in [6.45, 7) is 9.32. The highest BCUT2D eigenvalue weighted by Gasteiger charge is 2.03. The third-order valence-corrected chi connectivity index (χ3v) is 4.05. The van der Waals surface area contributed by atoms with Crippen LogP contribution < -0.4 is 10.1 Å². The van der Waals surface area contributed by atoms with Crippen LogP contribution in [0.25, 0.3) is 0 Å². The van der Waals surface area contributed by atoms with Crippen molar-refractivity contribution in [3.05, 3.63) is 28.2 Å². The lowest BCUT2D eigenvalue weighted by Crippen LogP contribution is -2.18. The van der Waals surface area contributed by atoms with E-state index in [0.717, 1.165) is 41.4 Å². The summed E-state index contributed by atoms with van der Waals surface area (Å²) in [5.41, 5.74) is 1.28. The Morgan fingerprint density at radius 2 is 2.16 bits per heavy atom. The molecule has 2 nitrogen and oxygen atoms in total. The van der Waals surface area contributed by atoms with Crippen molar-refractivity contribution in [3.63, 3.8) is 0 Å². The summed E-state index contributed by atoms with van der Waals surface area (Å²) in [7, 11) is 0. The van der Waals surface area contributed by atoms with E-state index in [4.69, 9.17) is 4.74 Å². The molecule has 0 heterocycles. The monoisotopic (exact) mass is 345 g/mol. The number of benzene rings is 1. The number of halogens is 1. The molecule has 0 amide bonds. The Morgan fingerprint density at radius 1 is 1.37 bits per heavy atom. The van der Waals surface area contributed by atoms with Crippen LogP contribution in [-0.4, -0.2) is 24.7 Å². The second-order valence-electron chi connectivity index (χ2n) is 4.83. The fraction of sp³-hybridized carbons (Fsp3) is 0.600. The van der Waals surface area contributed by atoms with Gasteiger partial charge in [-0.25, -0.2) is 0 Å². The number of thioether (sulfide) groups is 1. The molecule has 0 fully saturated rings. The van der Waals surface area contributed by atoms with Gasteiger partial charge in [0.2, 0.25) is 0 Å². The van der Waals surface area contributed by atoms with Crippen molar-refractivity contribution in [1.29, 1.82) is 0 Å². The van der Waals surface area contributed by atoms with Crippen molar-refractivity contribution in [3.8, 4) is 5.75 Å². The first-order chi connectivity index (χ1) is 9.13. The second kappa shape index (κ2) is 9.67. The van der Waals surface area contributed by atoms with Crippen LogP contribution >= 0.6 is 27.7 Å².